The van der Waals surface area contributed by atoms with E-state index in [9.17, 15) is 21.6 Å². The Hall–Kier alpha value is -2.30. The average molecular weight is 438 g/mol. The summed E-state index contributed by atoms with van der Waals surface area (Å²) in [7, 11) is -7.23. The van der Waals surface area contributed by atoms with E-state index in [-0.39, 0.29) is 47.3 Å². The summed E-state index contributed by atoms with van der Waals surface area (Å²) in [6.45, 7) is 2.39. The van der Waals surface area contributed by atoms with Crippen LogP contribution in [0.15, 0.2) is 58.6 Å². The molecule has 1 fully saturated rings. The molecule has 1 aliphatic rings. The molecule has 1 saturated heterocycles. The lowest BCUT2D eigenvalue weighted by Gasteiger charge is -2.34. The number of aromatic nitrogens is 1. The van der Waals surface area contributed by atoms with Gasteiger partial charge in [0.1, 0.15) is 4.90 Å². The Balaban J connectivity index is 1.77. The van der Waals surface area contributed by atoms with Crippen molar-refractivity contribution in [3.63, 3.8) is 0 Å². The number of benzene rings is 1. The second kappa shape index (κ2) is 8.60. The number of piperazine rings is 1. The van der Waals surface area contributed by atoms with Gasteiger partial charge in [0.2, 0.25) is 10.0 Å². The fraction of sp³-hybridized carbons (Fsp3) is 0.368. The Morgan fingerprint density at radius 2 is 1.69 bits per heavy atom. The summed E-state index contributed by atoms with van der Waals surface area (Å²) in [5, 5.41) is 0. The zero-order valence-electron chi connectivity index (χ0n) is 16.1. The maximum atomic E-state index is 13.0. The predicted molar refractivity (Wildman–Crippen MR) is 108 cm³/mol. The monoisotopic (exact) mass is 437 g/mol. The van der Waals surface area contributed by atoms with Gasteiger partial charge in [0.15, 0.2) is 9.84 Å². The van der Waals surface area contributed by atoms with Crippen molar-refractivity contribution in [1.82, 2.24) is 14.2 Å². The highest BCUT2D eigenvalue weighted by atomic mass is 32.2. The van der Waals surface area contributed by atoms with Crippen molar-refractivity contribution in [2.75, 3.05) is 31.9 Å². The molecule has 8 nitrogen and oxygen atoms in total. The minimum atomic E-state index is -3.68. The third-order valence-electron chi connectivity index (χ3n) is 4.72. The van der Waals surface area contributed by atoms with E-state index in [1.165, 1.54) is 39.8 Å². The van der Waals surface area contributed by atoms with Gasteiger partial charge in [-0.3, -0.25) is 9.78 Å². The molecule has 156 valence electrons. The number of hydrogen-bond acceptors (Lipinski definition) is 6. The third-order valence-corrected chi connectivity index (χ3v) is 8.58. The van der Waals surface area contributed by atoms with Gasteiger partial charge in [-0.1, -0.05) is 19.1 Å². The van der Waals surface area contributed by atoms with Gasteiger partial charge in [-0.25, -0.2) is 16.8 Å². The summed E-state index contributed by atoms with van der Waals surface area (Å²) in [6.07, 6.45) is 3.25. The number of nitrogens with zero attached hydrogens (tertiary/aromatic N) is 3. The molecule has 1 amide bonds. The van der Waals surface area contributed by atoms with Crippen molar-refractivity contribution in [3.8, 4) is 0 Å². The number of hydrogen-bond donors (Lipinski definition) is 0. The van der Waals surface area contributed by atoms with Gasteiger partial charge in [0.25, 0.3) is 5.91 Å². The molecular formula is C19H23N3O5S2. The first-order chi connectivity index (χ1) is 13.8. The first-order valence-corrected chi connectivity index (χ1v) is 12.4. The van der Waals surface area contributed by atoms with E-state index in [0.717, 1.165) is 0 Å². The minimum absolute atomic E-state index is 0.0252. The second-order valence-corrected chi connectivity index (χ2v) is 10.7. The molecule has 2 heterocycles. The fourth-order valence-electron chi connectivity index (χ4n) is 3.24. The van der Waals surface area contributed by atoms with E-state index >= 15 is 0 Å². The van der Waals surface area contributed by atoms with Gasteiger partial charge in [-0.05, 0) is 30.7 Å². The van der Waals surface area contributed by atoms with E-state index < -0.39 is 25.8 Å². The quantitative estimate of drug-likeness (QED) is 0.677. The third kappa shape index (κ3) is 4.49. The molecule has 0 bridgehead atoms. The number of carbonyl (C=O) groups excluding carboxylic acids is 1. The molecule has 0 radical (unpaired) electrons. The van der Waals surface area contributed by atoms with Crippen molar-refractivity contribution in [2.45, 2.75) is 23.1 Å². The highest BCUT2D eigenvalue weighted by Gasteiger charge is 2.32. The fourth-order valence-corrected chi connectivity index (χ4v) is 6.16. The number of rotatable bonds is 6. The molecular weight excluding hydrogens is 414 g/mol. The molecule has 0 spiro atoms. The molecule has 0 N–H and O–H groups in total. The highest BCUT2D eigenvalue weighted by Crippen LogP contribution is 2.22. The number of carbonyl (C=O) groups is 1. The predicted octanol–water partition coefficient (Wildman–Crippen LogP) is 1.41. The van der Waals surface area contributed by atoms with Crippen LogP contribution >= 0.6 is 0 Å². The Bertz CT molecular complexity index is 1080. The summed E-state index contributed by atoms with van der Waals surface area (Å²) >= 11 is 0. The average Bonchev–Trinajstić information content (AvgIpc) is 2.74. The Morgan fingerprint density at radius 3 is 2.31 bits per heavy atom. The van der Waals surface area contributed by atoms with Gasteiger partial charge in [0.05, 0.1) is 16.2 Å². The summed E-state index contributed by atoms with van der Waals surface area (Å²) in [5.74, 6) is -0.437. The Kier molecular flexibility index (Phi) is 6.35. The first-order valence-electron chi connectivity index (χ1n) is 9.28. The van der Waals surface area contributed by atoms with Gasteiger partial charge >= 0.3 is 0 Å². The number of sulfonamides is 1. The van der Waals surface area contributed by atoms with E-state index in [1.807, 2.05) is 0 Å². The molecule has 10 heteroatoms. The summed E-state index contributed by atoms with van der Waals surface area (Å²) < 4.78 is 51.7. The van der Waals surface area contributed by atoms with Crippen LogP contribution in [0.3, 0.4) is 0 Å². The molecule has 0 atom stereocenters. The molecule has 0 saturated carbocycles. The molecule has 3 rings (SSSR count). The van der Waals surface area contributed by atoms with Crippen LogP contribution in [0.4, 0.5) is 0 Å². The topological polar surface area (TPSA) is 105 Å². The van der Waals surface area contributed by atoms with E-state index in [1.54, 1.807) is 25.1 Å². The largest absolute Gasteiger partial charge is 0.336 e. The van der Waals surface area contributed by atoms with Gasteiger partial charge in [-0.15, -0.1) is 0 Å². The van der Waals surface area contributed by atoms with Gasteiger partial charge < -0.3 is 4.90 Å². The molecule has 0 unspecified atom stereocenters. The van der Waals surface area contributed by atoms with Crippen LogP contribution in [-0.4, -0.2) is 68.9 Å². The van der Waals surface area contributed by atoms with Crippen molar-refractivity contribution in [1.29, 1.82) is 0 Å². The van der Waals surface area contributed by atoms with E-state index in [0.29, 0.717) is 6.42 Å². The van der Waals surface area contributed by atoms with Crippen molar-refractivity contribution in [3.05, 3.63) is 54.4 Å². The SMILES string of the molecule is CCCS(=O)(=O)c1ccccc1C(=O)N1CCN(S(=O)(=O)c2cccnc2)CC1. The lowest BCUT2D eigenvalue weighted by atomic mass is 10.2. The van der Waals surface area contributed by atoms with Crippen LogP contribution in [0, 0.1) is 0 Å². The van der Waals surface area contributed by atoms with Crippen LogP contribution in [-0.2, 0) is 19.9 Å². The smallest absolute Gasteiger partial charge is 0.255 e. The maximum Gasteiger partial charge on any atom is 0.255 e. The van der Waals surface area contributed by atoms with Crippen molar-refractivity contribution < 1.29 is 21.6 Å². The zero-order valence-corrected chi connectivity index (χ0v) is 17.7. The maximum absolute atomic E-state index is 13.0. The summed E-state index contributed by atoms with van der Waals surface area (Å²) in [4.78, 5) is 18.5. The second-order valence-electron chi connectivity index (χ2n) is 6.70. The molecule has 1 aromatic carbocycles. The summed E-state index contributed by atoms with van der Waals surface area (Å²) in [5.41, 5.74) is 0.129. The molecule has 29 heavy (non-hydrogen) atoms. The van der Waals surface area contributed by atoms with E-state index in [4.69, 9.17) is 0 Å². The van der Waals surface area contributed by atoms with Crippen LogP contribution < -0.4 is 0 Å². The highest BCUT2D eigenvalue weighted by molar-refractivity contribution is 7.91. The van der Waals surface area contributed by atoms with Crippen LogP contribution in [0.5, 0.6) is 0 Å². The van der Waals surface area contributed by atoms with Gasteiger partial charge in [-0.2, -0.15) is 4.31 Å². The van der Waals surface area contributed by atoms with Crippen molar-refractivity contribution >= 4 is 25.8 Å². The Morgan fingerprint density at radius 1 is 1.00 bits per heavy atom. The molecule has 2 aromatic rings. The summed E-state index contributed by atoms with van der Waals surface area (Å²) in [6, 6.07) is 9.21. The lowest BCUT2D eigenvalue weighted by Crippen LogP contribution is -2.50. The number of sulfone groups is 1. The lowest BCUT2D eigenvalue weighted by molar-refractivity contribution is 0.0694. The molecule has 0 aliphatic carbocycles. The normalized spacial score (nSPS) is 16.0. The molecule has 1 aliphatic heterocycles. The standard InChI is InChI=1S/C19H23N3O5S2/c1-2-14-28(24,25)18-8-4-3-7-17(18)19(23)21-10-12-22(13-11-21)29(26,27)16-6-5-9-20-15-16/h3-9,15H,2,10-14H2,1H3. The minimum Gasteiger partial charge on any atom is -0.336 e. The number of pyridine rings is 1. The number of amides is 1. The van der Waals surface area contributed by atoms with E-state index in [2.05, 4.69) is 4.98 Å². The Labute approximate surface area is 171 Å². The zero-order chi connectivity index (χ0) is 21.1. The van der Waals surface area contributed by atoms with Gasteiger partial charge in [0, 0.05) is 38.6 Å². The van der Waals surface area contributed by atoms with Crippen LogP contribution in [0.25, 0.3) is 0 Å². The molecule has 1 aromatic heterocycles. The van der Waals surface area contributed by atoms with Crippen LogP contribution in [0.2, 0.25) is 0 Å². The first kappa shape index (κ1) is 21.4. The van der Waals surface area contributed by atoms with Crippen molar-refractivity contribution in [2.24, 2.45) is 0 Å². The van der Waals surface area contributed by atoms with Crippen LogP contribution in [0.1, 0.15) is 23.7 Å².